The monoisotopic (exact) mass is 480 g/mol. The summed E-state index contributed by atoms with van der Waals surface area (Å²) in [6.07, 6.45) is 4.81. The van der Waals surface area contributed by atoms with E-state index in [-0.39, 0.29) is 10.7 Å². The maximum Gasteiger partial charge on any atom is 0.246 e. The van der Waals surface area contributed by atoms with Crippen molar-refractivity contribution in [2.45, 2.75) is 11.8 Å². The molecule has 0 radical (unpaired) electrons. The molecule has 0 N–H and O–H groups in total. The highest BCUT2D eigenvalue weighted by molar-refractivity contribution is 7.89. The third-order valence-electron chi connectivity index (χ3n) is 7.07. The maximum atomic E-state index is 13.3. The van der Waals surface area contributed by atoms with Gasteiger partial charge in [-0.3, -0.25) is 4.68 Å². The van der Waals surface area contributed by atoms with Crippen LogP contribution in [-0.4, -0.2) is 58.5 Å². The van der Waals surface area contributed by atoms with Gasteiger partial charge >= 0.3 is 0 Å². The highest BCUT2D eigenvalue weighted by Gasteiger charge is 2.44. The molecule has 4 aromatic rings. The number of sulfonamides is 1. The van der Waals surface area contributed by atoms with Crippen LogP contribution in [0.3, 0.4) is 0 Å². The molecule has 6 rings (SSSR count). The molecule has 2 saturated heterocycles. The van der Waals surface area contributed by atoms with Gasteiger partial charge in [-0.2, -0.15) is 14.5 Å². The van der Waals surface area contributed by atoms with E-state index >= 15 is 0 Å². The molecule has 0 saturated carbocycles. The first-order valence-corrected chi connectivity index (χ1v) is 12.7. The molecule has 1 unspecified atom stereocenters. The van der Waals surface area contributed by atoms with E-state index in [2.05, 4.69) is 34.2 Å². The lowest BCUT2D eigenvalue weighted by Gasteiger charge is -2.24. The van der Waals surface area contributed by atoms with Crippen molar-refractivity contribution >= 4 is 26.6 Å². The smallest absolute Gasteiger partial charge is 0.246 e. The molecule has 10 heteroatoms. The first kappa shape index (κ1) is 21.3. The van der Waals surface area contributed by atoms with E-state index in [1.807, 2.05) is 10.9 Å². The summed E-state index contributed by atoms with van der Waals surface area (Å²) in [6.45, 7) is 4.79. The van der Waals surface area contributed by atoms with Crippen molar-refractivity contribution in [1.82, 2.24) is 23.9 Å². The minimum atomic E-state index is -3.51. The Hall–Kier alpha value is -3.24. The normalized spacial score (nSPS) is 21.0. The van der Waals surface area contributed by atoms with E-state index in [4.69, 9.17) is 0 Å². The summed E-state index contributed by atoms with van der Waals surface area (Å²) in [6, 6.07) is 10.6. The minimum Gasteiger partial charge on any atom is -0.371 e. The number of aromatic nitrogens is 4. The molecule has 176 valence electrons. The van der Waals surface area contributed by atoms with Gasteiger partial charge in [0.25, 0.3) is 0 Å². The van der Waals surface area contributed by atoms with Crippen molar-refractivity contribution in [3.05, 3.63) is 66.4 Å². The molecular formula is C24H25FN6O2S. The predicted molar refractivity (Wildman–Crippen MR) is 127 cm³/mol. The second-order valence-electron chi connectivity index (χ2n) is 9.33. The first-order valence-electron chi connectivity index (χ1n) is 11.3. The average molecular weight is 481 g/mol. The Morgan fingerprint density at radius 1 is 0.971 bits per heavy atom. The van der Waals surface area contributed by atoms with Crippen LogP contribution in [0, 0.1) is 24.6 Å². The molecule has 4 heterocycles. The van der Waals surface area contributed by atoms with Gasteiger partial charge in [0, 0.05) is 50.5 Å². The largest absolute Gasteiger partial charge is 0.371 e. The lowest BCUT2D eigenvalue weighted by atomic mass is 10.0. The molecule has 2 atom stereocenters. The number of fused-ring (bicyclic) bond motifs is 2. The van der Waals surface area contributed by atoms with E-state index in [0.717, 1.165) is 40.9 Å². The summed E-state index contributed by atoms with van der Waals surface area (Å²) in [5.74, 6) is 0.317. The Labute approximate surface area is 197 Å². The van der Waals surface area contributed by atoms with Crippen LogP contribution in [0.2, 0.25) is 0 Å². The fraction of sp³-hybridized carbons (Fsp3) is 0.333. The highest BCUT2D eigenvalue weighted by Crippen LogP contribution is 2.38. The third kappa shape index (κ3) is 3.40. The molecule has 2 aliphatic rings. The Bertz CT molecular complexity index is 1480. The molecule has 2 fully saturated rings. The van der Waals surface area contributed by atoms with Gasteiger partial charge in [-0.25, -0.2) is 17.5 Å². The van der Waals surface area contributed by atoms with Crippen LogP contribution >= 0.6 is 0 Å². The van der Waals surface area contributed by atoms with Gasteiger partial charge < -0.3 is 4.90 Å². The number of rotatable bonds is 4. The molecule has 2 aliphatic heterocycles. The van der Waals surface area contributed by atoms with Crippen molar-refractivity contribution in [3.8, 4) is 5.69 Å². The zero-order valence-corrected chi connectivity index (χ0v) is 19.8. The van der Waals surface area contributed by atoms with Crippen LogP contribution in [0.5, 0.6) is 0 Å². The molecule has 2 aromatic heterocycles. The fourth-order valence-electron chi connectivity index (χ4n) is 5.32. The molecule has 0 spiro atoms. The number of hydrogen-bond acceptors (Lipinski definition) is 5. The van der Waals surface area contributed by atoms with Gasteiger partial charge in [0.15, 0.2) is 0 Å². The van der Waals surface area contributed by atoms with E-state index in [1.165, 1.54) is 23.0 Å². The zero-order valence-electron chi connectivity index (χ0n) is 19.0. The zero-order chi connectivity index (χ0) is 23.6. The number of nitrogens with zero attached hydrogens (tertiary/aromatic N) is 6. The second-order valence-corrected chi connectivity index (χ2v) is 11.3. The van der Waals surface area contributed by atoms with Crippen LogP contribution in [0.4, 0.5) is 10.1 Å². The lowest BCUT2D eigenvalue weighted by molar-refractivity contribution is 0.453. The Kier molecular flexibility index (Phi) is 4.79. The Balaban J connectivity index is 1.23. The predicted octanol–water partition coefficient (Wildman–Crippen LogP) is 2.96. The molecule has 0 aliphatic carbocycles. The summed E-state index contributed by atoms with van der Waals surface area (Å²) in [7, 11) is -1.79. The van der Waals surface area contributed by atoms with Gasteiger partial charge in [-0.05, 0) is 60.7 Å². The van der Waals surface area contributed by atoms with Gasteiger partial charge in [-0.15, -0.1) is 0 Å². The first-order chi connectivity index (χ1) is 16.3. The number of aryl methyl sites for hydroxylation is 2. The van der Waals surface area contributed by atoms with E-state index in [9.17, 15) is 12.8 Å². The number of halogens is 1. The molecule has 8 nitrogen and oxygen atoms in total. The quantitative estimate of drug-likeness (QED) is 0.449. The van der Waals surface area contributed by atoms with Crippen LogP contribution in [0.15, 0.2) is 59.9 Å². The summed E-state index contributed by atoms with van der Waals surface area (Å²) in [4.78, 5) is 2.62. The lowest BCUT2D eigenvalue weighted by Crippen LogP contribution is -2.33. The topological polar surface area (TPSA) is 76.3 Å². The van der Waals surface area contributed by atoms with Gasteiger partial charge in [0.1, 0.15) is 10.7 Å². The molecule has 0 amide bonds. The molecule has 34 heavy (non-hydrogen) atoms. The Morgan fingerprint density at radius 2 is 1.68 bits per heavy atom. The summed E-state index contributed by atoms with van der Waals surface area (Å²) >= 11 is 0. The summed E-state index contributed by atoms with van der Waals surface area (Å²) < 4.78 is 44.3. The molecule has 0 bridgehead atoms. The van der Waals surface area contributed by atoms with Gasteiger partial charge in [-0.1, -0.05) is 0 Å². The van der Waals surface area contributed by atoms with Gasteiger partial charge in [0.05, 0.1) is 23.6 Å². The fourth-order valence-corrected chi connectivity index (χ4v) is 6.86. The number of anilines is 1. The van der Waals surface area contributed by atoms with Crippen molar-refractivity contribution < 1.29 is 12.8 Å². The van der Waals surface area contributed by atoms with E-state index in [0.29, 0.717) is 24.9 Å². The third-order valence-corrected chi connectivity index (χ3v) is 8.85. The SMILES string of the molecule is Cc1cc2c(cnn2-c2ccc(F)cc2)cc1N1CC2CN(S(=O)(=O)c3cnn(C)c3)C[C@H]2C1. The minimum absolute atomic E-state index is 0.256. The van der Waals surface area contributed by atoms with Crippen molar-refractivity contribution in [2.24, 2.45) is 18.9 Å². The van der Waals surface area contributed by atoms with Crippen LogP contribution in [0.25, 0.3) is 16.6 Å². The van der Waals surface area contributed by atoms with Crippen LogP contribution < -0.4 is 4.90 Å². The standard InChI is InChI=1S/C24H25FN6O2S/c1-16-7-24-17(9-27-31(24)21-5-3-20(25)4-6-21)8-23(16)29-11-18-13-30(14-19(18)12-29)34(32,33)22-10-26-28(2)15-22/h3-10,15,18-19H,11-14H2,1-2H3/t18-,19?/m1/s1. The Morgan fingerprint density at radius 3 is 2.32 bits per heavy atom. The summed E-state index contributed by atoms with van der Waals surface area (Å²) in [5, 5.41) is 9.56. The molecular weight excluding hydrogens is 455 g/mol. The number of hydrogen-bond donors (Lipinski definition) is 0. The van der Waals surface area contributed by atoms with Gasteiger partial charge in [0.2, 0.25) is 10.0 Å². The molecule has 2 aromatic carbocycles. The van der Waals surface area contributed by atoms with Crippen LogP contribution in [-0.2, 0) is 17.1 Å². The van der Waals surface area contributed by atoms with E-state index in [1.54, 1.807) is 29.7 Å². The van der Waals surface area contributed by atoms with Crippen molar-refractivity contribution in [3.63, 3.8) is 0 Å². The second kappa shape index (κ2) is 7.64. The number of benzene rings is 2. The highest BCUT2D eigenvalue weighted by atomic mass is 32.2. The van der Waals surface area contributed by atoms with Crippen molar-refractivity contribution in [1.29, 1.82) is 0 Å². The van der Waals surface area contributed by atoms with E-state index < -0.39 is 10.0 Å². The van der Waals surface area contributed by atoms with Crippen LogP contribution in [0.1, 0.15) is 5.56 Å². The van der Waals surface area contributed by atoms with Crippen molar-refractivity contribution in [2.75, 3.05) is 31.1 Å². The maximum absolute atomic E-state index is 13.3. The summed E-state index contributed by atoms with van der Waals surface area (Å²) in [5.41, 5.74) is 4.08. The average Bonchev–Trinajstić information content (AvgIpc) is 3.56.